The van der Waals surface area contributed by atoms with Crippen LogP contribution in [0.1, 0.15) is 58.7 Å². The predicted octanol–water partition coefficient (Wildman–Crippen LogP) is 5.27. The van der Waals surface area contributed by atoms with Crippen molar-refractivity contribution in [2.24, 2.45) is 0 Å². The number of fused-ring (bicyclic) bond motifs is 1. The van der Waals surface area contributed by atoms with Crippen molar-refractivity contribution in [3.05, 3.63) is 24.0 Å². The fraction of sp³-hybridized carbons (Fsp3) is 0.588. The van der Waals surface area contributed by atoms with Gasteiger partial charge in [0.25, 0.3) is 0 Å². The minimum absolute atomic E-state index is 0.0311. The summed E-state index contributed by atoms with van der Waals surface area (Å²) in [5.41, 5.74) is 1.98. The van der Waals surface area contributed by atoms with Gasteiger partial charge >= 0.3 is 0 Å². The van der Waals surface area contributed by atoms with E-state index in [2.05, 4.69) is 38.3 Å². The lowest BCUT2D eigenvalue weighted by molar-refractivity contribution is 0.320. The van der Waals surface area contributed by atoms with Crippen LogP contribution in [0, 0.1) is 0 Å². The molecular weight excluding hydrogens is 284 g/mol. The lowest BCUT2D eigenvalue weighted by Crippen LogP contribution is -2.27. The zero-order valence-corrected chi connectivity index (χ0v) is 14.4. The minimum Gasteiger partial charge on any atom is -0.491 e. The van der Waals surface area contributed by atoms with Crippen molar-refractivity contribution in [3.63, 3.8) is 0 Å². The Hall–Kier alpha value is -1.22. The molecule has 116 valence electrons. The maximum Gasteiger partial charge on any atom is 0.147 e. The first kappa shape index (κ1) is 16.2. The second kappa shape index (κ2) is 6.27. The molecule has 1 atom stereocenters. The molecule has 3 nitrogen and oxygen atoms in total. The summed E-state index contributed by atoms with van der Waals surface area (Å²) in [6.07, 6.45) is 1.99. The van der Waals surface area contributed by atoms with Crippen molar-refractivity contribution in [1.29, 1.82) is 0 Å². The van der Waals surface area contributed by atoms with Crippen molar-refractivity contribution in [3.8, 4) is 5.75 Å². The number of alkyl halides is 1. The zero-order chi connectivity index (χ0) is 15.6. The molecule has 1 aromatic heterocycles. The summed E-state index contributed by atoms with van der Waals surface area (Å²) in [4.78, 5) is 4.79. The molecule has 0 aliphatic rings. The summed E-state index contributed by atoms with van der Waals surface area (Å²) in [7, 11) is 0. The molecule has 0 spiro atoms. The van der Waals surface area contributed by atoms with Crippen LogP contribution in [-0.4, -0.2) is 16.2 Å². The predicted molar refractivity (Wildman–Crippen MR) is 89.4 cm³/mol. The second-order valence-corrected chi connectivity index (χ2v) is 6.71. The van der Waals surface area contributed by atoms with Crippen LogP contribution in [0.3, 0.4) is 0 Å². The van der Waals surface area contributed by atoms with Gasteiger partial charge in [0, 0.05) is 5.54 Å². The van der Waals surface area contributed by atoms with Crippen LogP contribution >= 0.6 is 11.6 Å². The number of nitrogens with zero attached hydrogens (tertiary/aromatic N) is 2. The molecular formula is C17H25ClN2O. The Bertz CT molecular complexity index is 617. The Kier molecular flexibility index (Phi) is 4.82. The monoisotopic (exact) mass is 308 g/mol. The first-order valence-electron chi connectivity index (χ1n) is 7.71. The second-order valence-electron chi connectivity index (χ2n) is 6.06. The van der Waals surface area contributed by atoms with Crippen LogP contribution in [0.4, 0.5) is 0 Å². The molecule has 0 saturated heterocycles. The van der Waals surface area contributed by atoms with Crippen molar-refractivity contribution in [2.45, 2.75) is 58.4 Å². The van der Waals surface area contributed by atoms with Crippen LogP contribution in [0.25, 0.3) is 11.0 Å². The van der Waals surface area contributed by atoms with Crippen LogP contribution in [-0.2, 0) is 5.54 Å². The van der Waals surface area contributed by atoms with E-state index in [4.69, 9.17) is 21.3 Å². The maximum absolute atomic E-state index is 6.38. The Balaban J connectivity index is 2.68. The van der Waals surface area contributed by atoms with E-state index < -0.39 is 0 Å². The van der Waals surface area contributed by atoms with E-state index in [1.807, 2.05) is 19.1 Å². The number of aromatic nitrogens is 2. The first-order valence-corrected chi connectivity index (χ1v) is 8.14. The Labute approximate surface area is 132 Å². The van der Waals surface area contributed by atoms with Crippen LogP contribution in [0.15, 0.2) is 18.2 Å². The summed E-state index contributed by atoms with van der Waals surface area (Å²) in [6.45, 7) is 11.4. The van der Waals surface area contributed by atoms with E-state index in [-0.39, 0.29) is 10.9 Å². The molecule has 2 aromatic rings. The van der Waals surface area contributed by atoms with E-state index >= 15 is 0 Å². The van der Waals surface area contributed by atoms with E-state index in [0.717, 1.165) is 35.4 Å². The van der Waals surface area contributed by atoms with Gasteiger partial charge < -0.3 is 9.30 Å². The van der Waals surface area contributed by atoms with Crippen LogP contribution in [0.5, 0.6) is 5.75 Å². The Morgan fingerprint density at radius 3 is 2.62 bits per heavy atom. The molecule has 0 radical (unpaired) electrons. The number of rotatable bonds is 6. The van der Waals surface area contributed by atoms with E-state index in [1.165, 1.54) is 0 Å². The molecule has 0 bridgehead atoms. The number of ether oxygens (including phenoxy) is 1. The smallest absolute Gasteiger partial charge is 0.147 e. The van der Waals surface area contributed by atoms with Gasteiger partial charge in [-0.25, -0.2) is 4.98 Å². The highest BCUT2D eigenvalue weighted by Crippen LogP contribution is 2.35. The fourth-order valence-corrected chi connectivity index (χ4v) is 2.63. The largest absolute Gasteiger partial charge is 0.491 e. The zero-order valence-electron chi connectivity index (χ0n) is 13.6. The summed E-state index contributed by atoms with van der Waals surface area (Å²) in [5, 5.41) is -0.137. The highest BCUT2D eigenvalue weighted by molar-refractivity contribution is 6.20. The van der Waals surface area contributed by atoms with Crippen LogP contribution in [0.2, 0.25) is 0 Å². The van der Waals surface area contributed by atoms with Crippen molar-refractivity contribution in [2.75, 3.05) is 6.61 Å². The molecule has 1 unspecified atom stereocenters. The maximum atomic E-state index is 6.38. The van der Waals surface area contributed by atoms with E-state index in [1.54, 1.807) is 0 Å². The van der Waals surface area contributed by atoms with Gasteiger partial charge in [-0.1, -0.05) is 19.9 Å². The summed E-state index contributed by atoms with van der Waals surface area (Å²) < 4.78 is 8.11. The molecule has 1 heterocycles. The van der Waals surface area contributed by atoms with Gasteiger partial charge in [-0.3, -0.25) is 0 Å². The summed E-state index contributed by atoms with van der Waals surface area (Å²) in [6, 6.07) is 6.11. The molecule has 2 rings (SSSR count). The van der Waals surface area contributed by atoms with Crippen molar-refractivity contribution < 1.29 is 4.74 Å². The Morgan fingerprint density at radius 2 is 2.05 bits per heavy atom. The standard InChI is InChI=1S/C17H25ClN2O/c1-6-11-21-14-10-8-9-13-15(14)19-16(12(3)18)20(13)17(4,5)7-2/h8-10,12H,6-7,11H2,1-5H3. The molecule has 0 saturated carbocycles. The molecule has 0 amide bonds. The van der Waals surface area contributed by atoms with Gasteiger partial charge in [0.1, 0.15) is 17.1 Å². The van der Waals surface area contributed by atoms with E-state index in [9.17, 15) is 0 Å². The van der Waals surface area contributed by atoms with Crippen molar-refractivity contribution in [1.82, 2.24) is 9.55 Å². The van der Waals surface area contributed by atoms with Gasteiger partial charge in [-0.2, -0.15) is 0 Å². The average molecular weight is 309 g/mol. The third-order valence-corrected chi connectivity index (χ3v) is 4.16. The molecule has 0 aliphatic carbocycles. The SMILES string of the molecule is CCCOc1cccc2c1nc(C(C)Cl)n2C(C)(C)CC. The van der Waals surface area contributed by atoms with Crippen LogP contribution < -0.4 is 4.74 Å². The molecule has 0 aliphatic heterocycles. The average Bonchev–Trinajstić information content (AvgIpc) is 2.86. The minimum atomic E-state index is -0.137. The number of hydrogen-bond donors (Lipinski definition) is 0. The topological polar surface area (TPSA) is 27.1 Å². The van der Waals surface area contributed by atoms with Gasteiger partial charge in [-0.15, -0.1) is 11.6 Å². The van der Waals surface area contributed by atoms with Gasteiger partial charge in [0.05, 0.1) is 17.5 Å². The summed E-state index contributed by atoms with van der Waals surface area (Å²) in [5.74, 6) is 1.75. The lowest BCUT2D eigenvalue weighted by atomic mass is 10.0. The van der Waals surface area contributed by atoms with E-state index in [0.29, 0.717) is 6.61 Å². The highest BCUT2D eigenvalue weighted by Gasteiger charge is 2.27. The third-order valence-electron chi connectivity index (χ3n) is 3.96. The fourth-order valence-electron chi connectivity index (χ4n) is 2.48. The number of para-hydroxylation sites is 1. The van der Waals surface area contributed by atoms with Gasteiger partial charge in [0.15, 0.2) is 0 Å². The van der Waals surface area contributed by atoms with Gasteiger partial charge in [0.2, 0.25) is 0 Å². The van der Waals surface area contributed by atoms with Crippen molar-refractivity contribution >= 4 is 22.6 Å². The normalized spacial score (nSPS) is 13.6. The number of halogens is 1. The molecule has 0 fully saturated rings. The molecule has 4 heteroatoms. The first-order chi connectivity index (χ1) is 9.92. The third kappa shape index (κ3) is 3.03. The number of imidazole rings is 1. The van der Waals surface area contributed by atoms with Gasteiger partial charge in [-0.05, 0) is 45.7 Å². The lowest BCUT2D eigenvalue weighted by Gasteiger charge is -2.28. The molecule has 1 aromatic carbocycles. The molecule has 21 heavy (non-hydrogen) atoms. The Morgan fingerprint density at radius 1 is 1.33 bits per heavy atom. The quantitative estimate of drug-likeness (QED) is 0.680. The molecule has 0 N–H and O–H groups in total. The summed E-state index contributed by atoms with van der Waals surface area (Å²) >= 11 is 6.38. The number of benzene rings is 1. The highest BCUT2D eigenvalue weighted by atomic mass is 35.5. The number of hydrogen-bond acceptors (Lipinski definition) is 2.